The van der Waals surface area contributed by atoms with Gasteiger partial charge in [0, 0.05) is 17.3 Å². The molecule has 0 bridgehead atoms. The van der Waals surface area contributed by atoms with Gasteiger partial charge in [-0.15, -0.1) is 0 Å². The largest absolute Gasteiger partial charge is 0.481 e. The van der Waals surface area contributed by atoms with Gasteiger partial charge in [-0.3, -0.25) is 9.59 Å². The monoisotopic (exact) mass is 477 g/mol. The van der Waals surface area contributed by atoms with Gasteiger partial charge in [0.2, 0.25) is 5.70 Å². The summed E-state index contributed by atoms with van der Waals surface area (Å²) in [6, 6.07) is 0. The number of rotatable bonds is 1. The third-order valence-electron chi connectivity index (χ3n) is 11.9. The second-order valence-corrected chi connectivity index (χ2v) is 13.8. The van der Waals surface area contributed by atoms with Gasteiger partial charge in [-0.05, 0) is 79.1 Å². The molecule has 0 aromatic rings. The molecule has 188 valence electrons. The first kappa shape index (κ1) is 24.5. The van der Waals surface area contributed by atoms with Gasteiger partial charge in [-0.1, -0.05) is 53.2 Å². The van der Waals surface area contributed by atoms with Gasteiger partial charge < -0.3 is 9.90 Å². The highest BCUT2D eigenvalue weighted by Crippen LogP contribution is 2.73. The molecular formula is C30H39NO4. The summed E-state index contributed by atoms with van der Waals surface area (Å²) < 4.78 is 0. The first-order valence-corrected chi connectivity index (χ1v) is 13.3. The smallest absolute Gasteiger partial charge is 0.309 e. The van der Waals surface area contributed by atoms with Crippen LogP contribution in [0.15, 0.2) is 23.4 Å². The summed E-state index contributed by atoms with van der Waals surface area (Å²) in [5, 5.41) is 10.5. The van der Waals surface area contributed by atoms with Gasteiger partial charge >= 0.3 is 5.97 Å². The molecule has 3 saturated carbocycles. The quantitative estimate of drug-likeness (QED) is 0.453. The van der Waals surface area contributed by atoms with Crippen molar-refractivity contribution < 1.29 is 19.5 Å². The van der Waals surface area contributed by atoms with Gasteiger partial charge in [0.15, 0.2) is 11.6 Å². The maximum atomic E-state index is 14.2. The molecule has 5 aliphatic rings. The Labute approximate surface area is 209 Å². The van der Waals surface area contributed by atoms with Crippen LogP contribution in [0.25, 0.3) is 4.85 Å². The van der Waals surface area contributed by atoms with E-state index < -0.39 is 16.8 Å². The molecule has 0 radical (unpaired) electrons. The van der Waals surface area contributed by atoms with E-state index in [0.717, 1.165) is 37.7 Å². The fourth-order valence-corrected chi connectivity index (χ4v) is 9.60. The van der Waals surface area contributed by atoms with Crippen molar-refractivity contribution in [1.82, 2.24) is 0 Å². The van der Waals surface area contributed by atoms with E-state index in [2.05, 4.69) is 39.5 Å². The molecule has 35 heavy (non-hydrogen) atoms. The molecule has 0 aliphatic heterocycles. The average molecular weight is 478 g/mol. The lowest BCUT2D eigenvalue weighted by molar-refractivity contribution is -0.188. The first-order chi connectivity index (χ1) is 16.2. The minimum atomic E-state index is -0.818. The van der Waals surface area contributed by atoms with Gasteiger partial charge in [-0.25, -0.2) is 4.85 Å². The highest BCUT2D eigenvalue weighted by Gasteiger charge is 2.70. The number of carbonyl (C=O) groups is 3. The Morgan fingerprint density at radius 3 is 2.31 bits per heavy atom. The minimum absolute atomic E-state index is 0.0170. The van der Waals surface area contributed by atoms with Crippen molar-refractivity contribution in [1.29, 1.82) is 0 Å². The molecule has 3 fully saturated rings. The van der Waals surface area contributed by atoms with Crippen LogP contribution in [0.5, 0.6) is 0 Å². The van der Waals surface area contributed by atoms with Crippen LogP contribution in [0, 0.1) is 57.3 Å². The maximum Gasteiger partial charge on any atom is 0.309 e. The predicted molar refractivity (Wildman–Crippen MR) is 133 cm³/mol. The second-order valence-electron chi connectivity index (χ2n) is 13.8. The van der Waals surface area contributed by atoms with E-state index >= 15 is 0 Å². The van der Waals surface area contributed by atoms with E-state index in [1.165, 1.54) is 0 Å². The Morgan fingerprint density at radius 2 is 1.69 bits per heavy atom. The SMILES string of the molecule is [C-]#[N+]C1=C[C@]2(C)C3=CC(=O)[C@@H]4[C@@H]5CC(C)(C)CC[C@]5(C(=O)O)CC[C@@]4(C)[C@]3(C)CC[C@H]2[C@H](C)C1=O. The molecule has 5 nitrogen and oxygen atoms in total. The van der Waals surface area contributed by atoms with Crippen molar-refractivity contribution in [3.8, 4) is 0 Å². The molecule has 5 rings (SSSR count). The van der Waals surface area contributed by atoms with Crippen molar-refractivity contribution in [3.05, 3.63) is 34.8 Å². The molecule has 8 atom stereocenters. The Kier molecular flexibility index (Phi) is 5.02. The zero-order valence-corrected chi connectivity index (χ0v) is 22.0. The van der Waals surface area contributed by atoms with E-state index in [4.69, 9.17) is 6.57 Å². The van der Waals surface area contributed by atoms with E-state index in [1.807, 2.05) is 19.1 Å². The Balaban J connectivity index is 1.70. The third kappa shape index (κ3) is 2.89. The fourth-order valence-electron chi connectivity index (χ4n) is 9.60. The number of Topliss-reactive ketones (excluding diaryl/α,β-unsaturated/α-hetero) is 1. The van der Waals surface area contributed by atoms with Crippen LogP contribution >= 0.6 is 0 Å². The number of carboxylic acids is 1. The van der Waals surface area contributed by atoms with Crippen molar-refractivity contribution in [2.75, 3.05) is 0 Å². The van der Waals surface area contributed by atoms with Crippen LogP contribution in [-0.4, -0.2) is 22.6 Å². The number of aliphatic carboxylic acids is 1. The third-order valence-corrected chi connectivity index (χ3v) is 11.9. The van der Waals surface area contributed by atoms with Crippen molar-refractivity contribution in [2.24, 2.45) is 50.7 Å². The summed E-state index contributed by atoms with van der Waals surface area (Å²) in [5.74, 6) is -1.39. The average Bonchev–Trinajstić information content (AvgIpc) is 2.77. The zero-order valence-electron chi connectivity index (χ0n) is 22.0. The molecule has 0 unspecified atom stereocenters. The minimum Gasteiger partial charge on any atom is -0.481 e. The molecule has 0 amide bonds. The van der Waals surface area contributed by atoms with Crippen molar-refractivity contribution >= 4 is 17.5 Å². The molecule has 5 heteroatoms. The number of allylic oxidation sites excluding steroid dienone is 4. The summed E-state index contributed by atoms with van der Waals surface area (Å²) in [5.41, 5.74) is -0.684. The summed E-state index contributed by atoms with van der Waals surface area (Å²) in [4.78, 5) is 43.3. The summed E-state index contributed by atoms with van der Waals surface area (Å²) in [7, 11) is 0. The fraction of sp³-hybridized carbons (Fsp3) is 0.733. The van der Waals surface area contributed by atoms with E-state index in [9.17, 15) is 19.5 Å². The van der Waals surface area contributed by atoms with Crippen LogP contribution in [0.2, 0.25) is 0 Å². The molecule has 1 N–H and O–H groups in total. The summed E-state index contributed by atoms with van der Waals surface area (Å²) >= 11 is 0. The maximum absolute atomic E-state index is 14.2. The molecule has 0 heterocycles. The van der Waals surface area contributed by atoms with Gasteiger partial charge in [-0.2, -0.15) is 0 Å². The second kappa shape index (κ2) is 7.17. The normalized spacial score (nSPS) is 48.3. The zero-order chi connectivity index (χ0) is 25.8. The number of carboxylic acid groups (broad SMARTS) is 1. The lowest BCUT2D eigenvalue weighted by atomic mass is 9.35. The van der Waals surface area contributed by atoms with Crippen LogP contribution in [0.4, 0.5) is 0 Å². The van der Waals surface area contributed by atoms with Crippen molar-refractivity contribution in [3.63, 3.8) is 0 Å². The number of nitrogens with zero attached hydrogens (tertiary/aromatic N) is 1. The van der Waals surface area contributed by atoms with Gasteiger partial charge in [0.1, 0.15) is 0 Å². The lowest BCUT2D eigenvalue weighted by Crippen LogP contribution is -2.65. The van der Waals surface area contributed by atoms with E-state index in [-0.39, 0.29) is 57.2 Å². The van der Waals surface area contributed by atoms with Crippen LogP contribution in [0.3, 0.4) is 0 Å². The topological polar surface area (TPSA) is 75.8 Å². The molecule has 0 spiro atoms. The molecule has 5 aliphatic carbocycles. The van der Waals surface area contributed by atoms with Crippen molar-refractivity contribution in [2.45, 2.75) is 86.5 Å². The Hall–Kier alpha value is -2.22. The molecule has 0 aromatic carbocycles. The molecular weight excluding hydrogens is 438 g/mol. The number of hydrogen-bond donors (Lipinski definition) is 1. The summed E-state index contributed by atoms with van der Waals surface area (Å²) in [6.07, 6.45) is 9.08. The molecule has 0 saturated heterocycles. The number of ketones is 2. The predicted octanol–water partition coefficient (Wildman–Crippen LogP) is 6.25. The van der Waals surface area contributed by atoms with Crippen LogP contribution < -0.4 is 0 Å². The Bertz CT molecular complexity index is 1140. The highest BCUT2D eigenvalue weighted by molar-refractivity contribution is 6.01. The van der Waals surface area contributed by atoms with E-state index in [0.29, 0.717) is 12.8 Å². The number of carbonyl (C=O) groups excluding carboxylic acids is 2. The van der Waals surface area contributed by atoms with Gasteiger partial charge in [0.05, 0.1) is 12.0 Å². The summed E-state index contributed by atoms with van der Waals surface area (Å²) in [6.45, 7) is 20.6. The standard InChI is InChI=1S/C30H39NO4/c1-17-18-8-9-28(5)22(27(18,4)16-20(31-7)24(17)33)14-21(32)23-19-15-26(2,3)10-12-30(19,25(34)35)13-11-29(23,28)6/h14,16-19,23H,8-13,15H2,1-6H3,(H,34,35)/t17-,18-,19-,23-,27-,28+,29+,30-/m0/s1. The highest BCUT2D eigenvalue weighted by atomic mass is 16.4. The lowest BCUT2D eigenvalue weighted by Gasteiger charge is -2.68. The number of fused-ring (bicyclic) bond motifs is 7. The van der Waals surface area contributed by atoms with Crippen LogP contribution in [0.1, 0.15) is 86.5 Å². The van der Waals surface area contributed by atoms with E-state index in [1.54, 1.807) is 0 Å². The van der Waals surface area contributed by atoms with Crippen LogP contribution in [-0.2, 0) is 14.4 Å². The van der Waals surface area contributed by atoms with Gasteiger partial charge in [0.25, 0.3) is 0 Å². The first-order valence-electron chi connectivity index (χ1n) is 13.3. The Morgan fingerprint density at radius 1 is 1.03 bits per heavy atom. The molecule has 0 aromatic heterocycles. The number of hydrogen-bond acceptors (Lipinski definition) is 3.